The van der Waals surface area contributed by atoms with E-state index >= 15 is 0 Å². The number of nitrogens with one attached hydrogen (secondary N) is 1. The molecule has 0 amide bonds. The molecular formula is C7H10F3N3OS2. The average molecular weight is 273 g/mol. The van der Waals surface area contributed by atoms with Crippen molar-refractivity contribution in [3.05, 3.63) is 0 Å². The minimum absolute atomic E-state index is 0.279. The summed E-state index contributed by atoms with van der Waals surface area (Å²) < 4.78 is 39.8. The summed E-state index contributed by atoms with van der Waals surface area (Å²) in [6, 6.07) is 0. The third-order valence-electron chi connectivity index (χ3n) is 1.71. The molecule has 1 unspecified atom stereocenters. The first-order chi connectivity index (χ1) is 7.36. The topological polar surface area (TPSA) is 71.2 Å². The van der Waals surface area contributed by atoms with E-state index in [4.69, 9.17) is 10.8 Å². The molecule has 16 heavy (non-hydrogen) atoms. The van der Waals surface area contributed by atoms with Crippen LogP contribution in [0.25, 0.3) is 0 Å². The first-order valence-corrected chi connectivity index (χ1v) is 6.14. The molecule has 0 saturated carbocycles. The third kappa shape index (κ3) is 3.16. The molecule has 1 rings (SSSR count). The van der Waals surface area contributed by atoms with Crippen LogP contribution in [0.1, 0.15) is 0 Å². The fourth-order valence-electron chi connectivity index (χ4n) is 0.909. The first-order valence-electron chi connectivity index (χ1n) is 4.14. The lowest BCUT2D eigenvalue weighted by atomic mass is 10.3. The van der Waals surface area contributed by atoms with E-state index in [9.17, 15) is 13.2 Å². The molecule has 0 aliphatic rings. The predicted octanol–water partition coefficient (Wildman–Crippen LogP) is 1.78. The van der Waals surface area contributed by atoms with Gasteiger partial charge in [0.25, 0.3) is 0 Å². The molecule has 0 aromatic carbocycles. The molecule has 4 nitrogen and oxygen atoms in total. The third-order valence-corrected chi connectivity index (χ3v) is 3.48. The van der Waals surface area contributed by atoms with Crippen molar-refractivity contribution in [2.24, 2.45) is 0 Å². The van der Waals surface area contributed by atoms with Gasteiger partial charge in [0.05, 0.1) is 11.4 Å². The van der Waals surface area contributed by atoms with Crippen LogP contribution in [-0.4, -0.2) is 34.6 Å². The molecule has 0 bridgehead atoms. The summed E-state index contributed by atoms with van der Waals surface area (Å²) in [6.07, 6.45) is -5.28. The van der Waals surface area contributed by atoms with E-state index in [-0.39, 0.29) is 5.82 Å². The summed E-state index contributed by atoms with van der Waals surface area (Å²) in [5.74, 6) is 0.279. The van der Waals surface area contributed by atoms with Crippen molar-refractivity contribution in [1.82, 2.24) is 4.37 Å². The van der Waals surface area contributed by atoms with Crippen LogP contribution in [0, 0.1) is 0 Å². The molecule has 1 heterocycles. The second-order valence-corrected chi connectivity index (χ2v) is 4.46. The Morgan fingerprint density at radius 3 is 2.75 bits per heavy atom. The van der Waals surface area contributed by atoms with Gasteiger partial charge in [-0.15, -0.1) is 11.8 Å². The van der Waals surface area contributed by atoms with E-state index in [1.54, 1.807) is 6.26 Å². The van der Waals surface area contributed by atoms with Gasteiger partial charge in [0.1, 0.15) is 5.00 Å². The molecule has 0 spiro atoms. The summed E-state index contributed by atoms with van der Waals surface area (Å²) in [4.78, 5) is 0.597. The number of alkyl halides is 3. The SMILES string of the molecule is CSc1c(N)nsc1NCC(O)C(F)(F)F. The molecule has 0 radical (unpaired) electrons. The number of hydrogen-bond acceptors (Lipinski definition) is 6. The maximum Gasteiger partial charge on any atom is 0.416 e. The van der Waals surface area contributed by atoms with Crippen LogP contribution in [0.15, 0.2) is 4.90 Å². The highest BCUT2D eigenvalue weighted by atomic mass is 32.2. The molecule has 1 aromatic rings. The fraction of sp³-hybridized carbons (Fsp3) is 0.571. The average Bonchev–Trinajstić information content (AvgIpc) is 2.54. The van der Waals surface area contributed by atoms with Gasteiger partial charge in [-0.3, -0.25) is 0 Å². The van der Waals surface area contributed by atoms with E-state index in [0.717, 1.165) is 11.5 Å². The lowest BCUT2D eigenvalue weighted by Crippen LogP contribution is -2.34. The highest BCUT2D eigenvalue weighted by Crippen LogP contribution is 2.34. The molecule has 4 N–H and O–H groups in total. The van der Waals surface area contributed by atoms with E-state index in [1.165, 1.54) is 11.8 Å². The summed E-state index contributed by atoms with van der Waals surface area (Å²) >= 11 is 2.25. The molecule has 92 valence electrons. The van der Waals surface area contributed by atoms with Crippen molar-refractivity contribution in [3.8, 4) is 0 Å². The Kier molecular flexibility index (Phi) is 4.28. The predicted molar refractivity (Wildman–Crippen MR) is 58.9 cm³/mol. The number of thioether (sulfide) groups is 1. The van der Waals surface area contributed by atoms with Crippen LogP contribution in [0.3, 0.4) is 0 Å². The van der Waals surface area contributed by atoms with Gasteiger partial charge in [0.15, 0.2) is 11.9 Å². The molecule has 0 aliphatic carbocycles. The Labute approximate surface area is 98.2 Å². The van der Waals surface area contributed by atoms with Crippen molar-refractivity contribution < 1.29 is 18.3 Å². The van der Waals surface area contributed by atoms with Crippen LogP contribution in [-0.2, 0) is 0 Å². The highest BCUT2D eigenvalue weighted by Gasteiger charge is 2.38. The summed E-state index contributed by atoms with van der Waals surface area (Å²) in [6.45, 7) is -0.612. The molecule has 1 aromatic heterocycles. The quantitative estimate of drug-likeness (QED) is 0.729. The highest BCUT2D eigenvalue weighted by molar-refractivity contribution is 7.99. The van der Waals surface area contributed by atoms with Gasteiger partial charge in [0.2, 0.25) is 0 Å². The zero-order chi connectivity index (χ0) is 12.3. The number of nitrogen functional groups attached to an aromatic ring is 1. The molecule has 1 atom stereocenters. The Morgan fingerprint density at radius 1 is 1.62 bits per heavy atom. The largest absolute Gasteiger partial charge is 0.416 e. The molecule has 0 fully saturated rings. The van der Waals surface area contributed by atoms with Gasteiger partial charge >= 0.3 is 6.18 Å². The monoisotopic (exact) mass is 273 g/mol. The Balaban J connectivity index is 2.61. The van der Waals surface area contributed by atoms with Gasteiger partial charge < -0.3 is 16.2 Å². The van der Waals surface area contributed by atoms with Gasteiger partial charge in [0, 0.05) is 0 Å². The van der Waals surface area contributed by atoms with Crippen LogP contribution in [0.2, 0.25) is 0 Å². The Bertz CT molecular complexity index is 355. The number of anilines is 2. The van der Waals surface area contributed by atoms with Crippen LogP contribution < -0.4 is 11.1 Å². The van der Waals surface area contributed by atoms with Crippen molar-refractivity contribution in [3.63, 3.8) is 0 Å². The Morgan fingerprint density at radius 2 is 2.25 bits per heavy atom. The normalized spacial score (nSPS) is 13.8. The number of aromatic nitrogens is 1. The van der Waals surface area contributed by atoms with Gasteiger partial charge in [-0.2, -0.15) is 17.5 Å². The zero-order valence-electron chi connectivity index (χ0n) is 8.21. The van der Waals surface area contributed by atoms with Crippen molar-refractivity contribution in [2.45, 2.75) is 17.2 Å². The lowest BCUT2D eigenvalue weighted by Gasteiger charge is -2.15. The summed E-state index contributed by atoms with van der Waals surface area (Å²) in [7, 11) is 0. The van der Waals surface area contributed by atoms with E-state index in [2.05, 4.69) is 9.69 Å². The second kappa shape index (κ2) is 5.11. The maximum absolute atomic E-state index is 12.0. The minimum Gasteiger partial charge on any atom is -0.382 e. The fourth-order valence-corrected chi connectivity index (χ4v) is 2.46. The van der Waals surface area contributed by atoms with E-state index in [1.807, 2.05) is 0 Å². The second-order valence-electron chi connectivity index (χ2n) is 2.87. The number of halogens is 3. The number of rotatable bonds is 4. The number of hydrogen-bond donors (Lipinski definition) is 3. The van der Waals surface area contributed by atoms with Gasteiger partial charge in [-0.25, -0.2) is 0 Å². The zero-order valence-corrected chi connectivity index (χ0v) is 9.84. The van der Waals surface area contributed by atoms with Crippen LogP contribution in [0.5, 0.6) is 0 Å². The standard InChI is InChI=1S/C7H10F3N3OS2/c1-15-4-5(11)13-16-6(4)12-2-3(14)7(8,9)10/h3,12,14H,2H2,1H3,(H2,11,13). The number of nitrogens with zero attached hydrogens (tertiary/aromatic N) is 1. The van der Waals surface area contributed by atoms with Crippen LogP contribution >= 0.6 is 23.3 Å². The Hall–Kier alpha value is -0.670. The minimum atomic E-state index is -4.62. The smallest absolute Gasteiger partial charge is 0.382 e. The van der Waals surface area contributed by atoms with Gasteiger partial charge in [-0.05, 0) is 17.8 Å². The molecular weight excluding hydrogens is 263 g/mol. The first kappa shape index (κ1) is 13.4. The van der Waals surface area contributed by atoms with Crippen molar-refractivity contribution in [1.29, 1.82) is 0 Å². The molecule has 0 aliphatic heterocycles. The van der Waals surface area contributed by atoms with E-state index < -0.39 is 18.8 Å². The van der Waals surface area contributed by atoms with Gasteiger partial charge in [-0.1, -0.05) is 0 Å². The van der Waals surface area contributed by atoms with Crippen LogP contribution in [0.4, 0.5) is 24.0 Å². The number of aliphatic hydroxyl groups excluding tert-OH is 1. The summed E-state index contributed by atoms with van der Waals surface area (Å²) in [5.41, 5.74) is 5.50. The lowest BCUT2D eigenvalue weighted by molar-refractivity contribution is -0.198. The maximum atomic E-state index is 12.0. The summed E-state index contributed by atoms with van der Waals surface area (Å²) in [5, 5.41) is 11.7. The number of nitrogens with two attached hydrogens (primary N) is 1. The van der Waals surface area contributed by atoms with Crippen molar-refractivity contribution >= 4 is 34.1 Å². The molecule has 9 heteroatoms. The number of aliphatic hydroxyl groups is 1. The van der Waals surface area contributed by atoms with Crippen molar-refractivity contribution in [2.75, 3.05) is 23.9 Å². The molecule has 0 saturated heterocycles. The van der Waals surface area contributed by atoms with E-state index in [0.29, 0.717) is 9.90 Å².